The zero-order valence-electron chi connectivity index (χ0n) is 13.0. The van der Waals surface area contributed by atoms with E-state index >= 15 is 0 Å². The van der Waals surface area contributed by atoms with E-state index in [0.29, 0.717) is 12.2 Å². The van der Waals surface area contributed by atoms with Crippen LogP contribution >= 0.6 is 0 Å². The van der Waals surface area contributed by atoms with Crippen LogP contribution in [0.5, 0.6) is 5.75 Å². The molecule has 0 unspecified atom stereocenters. The number of benzene rings is 1. The van der Waals surface area contributed by atoms with E-state index in [-0.39, 0.29) is 5.97 Å². The quantitative estimate of drug-likeness (QED) is 0.323. The second kappa shape index (κ2) is 10.5. The van der Waals surface area contributed by atoms with E-state index < -0.39 is 0 Å². The Balaban J connectivity index is 2.01. The minimum Gasteiger partial charge on any atom is -0.427 e. The van der Waals surface area contributed by atoms with Crippen LogP contribution < -0.4 is 4.74 Å². The van der Waals surface area contributed by atoms with Gasteiger partial charge in [0, 0.05) is 6.42 Å². The lowest BCUT2D eigenvalue weighted by Crippen LogP contribution is -2.07. The molecule has 0 fully saturated rings. The van der Waals surface area contributed by atoms with Gasteiger partial charge in [-0.15, -0.1) is 0 Å². The van der Waals surface area contributed by atoms with Crippen LogP contribution in [0.2, 0.25) is 0 Å². The Morgan fingerprint density at radius 3 is 2.05 bits per heavy atom. The lowest BCUT2D eigenvalue weighted by atomic mass is 10.1. The normalized spacial score (nSPS) is 10.5. The van der Waals surface area contributed by atoms with Gasteiger partial charge < -0.3 is 4.74 Å². The molecule has 0 amide bonds. The monoisotopic (exact) mass is 276 g/mol. The number of unbranched alkanes of at least 4 members (excludes halogenated alkanes) is 7. The van der Waals surface area contributed by atoms with Crippen molar-refractivity contribution in [3.63, 3.8) is 0 Å². The molecule has 0 aliphatic carbocycles. The number of ether oxygens (including phenoxy) is 1. The molecule has 1 aromatic carbocycles. The van der Waals surface area contributed by atoms with Crippen molar-refractivity contribution in [3.05, 3.63) is 29.8 Å². The SMILES string of the molecule is CCCCCCCCCCC(=O)Oc1ccc(C)cc1. The lowest BCUT2D eigenvalue weighted by molar-refractivity contribution is -0.134. The van der Waals surface area contributed by atoms with E-state index in [1.165, 1.54) is 44.1 Å². The van der Waals surface area contributed by atoms with Gasteiger partial charge in [-0.05, 0) is 25.5 Å². The summed E-state index contributed by atoms with van der Waals surface area (Å²) in [5.74, 6) is 0.542. The molecule has 1 rings (SSSR count). The Kier molecular flexibility index (Phi) is 8.77. The zero-order valence-corrected chi connectivity index (χ0v) is 13.0. The summed E-state index contributed by atoms with van der Waals surface area (Å²) < 4.78 is 5.29. The summed E-state index contributed by atoms with van der Waals surface area (Å²) in [6.07, 6.45) is 10.5. The molecule has 0 aliphatic rings. The molecule has 0 aromatic heterocycles. The Hall–Kier alpha value is -1.31. The third-order valence-corrected chi connectivity index (χ3v) is 3.49. The average Bonchev–Trinajstić information content (AvgIpc) is 2.44. The van der Waals surface area contributed by atoms with Crippen LogP contribution in [0, 0.1) is 6.92 Å². The molecule has 0 N–H and O–H groups in total. The number of hydrogen-bond donors (Lipinski definition) is 0. The molecule has 2 heteroatoms. The molecule has 112 valence electrons. The maximum atomic E-state index is 11.6. The number of carbonyl (C=O) groups excluding carboxylic acids is 1. The number of esters is 1. The maximum absolute atomic E-state index is 11.6. The molecular weight excluding hydrogens is 248 g/mol. The van der Waals surface area contributed by atoms with Crippen molar-refractivity contribution < 1.29 is 9.53 Å². The van der Waals surface area contributed by atoms with Crippen LogP contribution in [0.4, 0.5) is 0 Å². The van der Waals surface area contributed by atoms with Gasteiger partial charge in [0.15, 0.2) is 0 Å². The summed E-state index contributed by atoms with van der Waals surface area (Å²) in [6.45, 7) is 4.26. The van der Waals surface area contributed by atoms with E-state index in [9.17, 15) is 4.79 Å². The van der Waals surface area contributed by atoms with Gasteiger partial charge in [-0.1, -0.05) is 69.6 Å². The summed E-state index contributed by atoms with van der Waals surface area (Å²) in [6, 6.07) is 7.61. The predicted molar refractivity (Wildman–Crippen MR) is 84.0 cm³/mol. The van der Waals surface area contributed by atoms with E-state index in [4.69, 9.17) is 4.74 Å². The first-order valence-electron chi connectivity index (χ1n) is 7.99. The van der Waals surface area contributed by atoms with Gasteiger partial charge in [-0.3, -0.25) is 4.79 Å². The molecule has 0 aliphatic heterocycles. The lowest BCUT2D eigenvalue weighted by Gasteiger charge is -2.05. The van der Waals surface area contributed by atoms with E-state index in [2.05, 4.69) is 6.92 Å². The van der Waals surface area contributed by atoms with Gasteiger partial charge >= 0.3 is 5.97 Å². The minimum absolute atomic E-state index is 0.111. The first-order valence-corrected chi connectivity index (χ1v) is 7.99. The highest BCUT2D eigenvalue weighted by atomic mass is 16.5. The standard InChI is InChI=1S/C18H28O2/c1-3-4-5-6-7-8-9-10-11-18(19)20-17-14-12-16(2)13-15-17/h12-15H,3-11H2,1-2H3. The fraction of sp³-hybridized carbons (Fsp3) is 0.611. The molecule has 0 saturated heterocycles. The molecule has 20 heavy (non-hydrogen) atoms. The van der Waals surface area contributed by atoms with Gasteiger partial charge in [-0.2, -0.15) is 0 Å². The number of aryl methyl sites for hydroxylation is 1. The van der Waals surface area contributed by atoms with Crippen LogP contribution in [0.1, 0.15) is 70.3 Å². The Morgan fingerprint density at radius 1 is 0.900 bits per heavy atom. The fourth-order valence-corrected chi connectivity index (χ4v) is 2.19. The molecular formula is C18H28O2. The van der Waals surface area contributed by atoms with Crippen LogP contribution in [0.15, 0.2) is 24.3 Å². The highest BCUT2D eigenvalue weighted by Gasteiger charge is 2.04. The number of rotatable bonds is 10. The van der Waals surface area contributed by atoms with Gasteiger partial charge in [0.25, 0.3) is 0 Å². The molecule has 1 aromatic rings. The highest BCUT2D eigenvalue weighted by Crippen LogP contribution is 2.14. The van der Waals surface area contributed by atoms with Crippen molar-refractivity contribution in [2.45, 2.75) is 71.6 Å². The smallest absolute Gasteiger partial charge is 0.311 e. The minimum atomic E-state index is -0.111. The molecule has 0 radical (unpaired) electrons. The zero-order chi connectivity index (χ0) is 14.6. The Bertz CT molecular complexity index is 368. The van der Waals surface area contributed by atoms with Crippen LogP contribution in [-0.4, -0.2) is 5.97 Å². The molecule has 0 saturated carbocycles. The second-order valence-corrected chi connectivity index (χ2v) is 5.51. The first-order chi connectivity index (χ1) is 9.72. The molecule has 0 heterocycles. The predicted octanol–water partition coefficient (Wildman–Crippen LogP) is 5.43. The topological polar surface area (TPSA) is 26.3 Å². The second-order valence-electron chi connectivity index (χ2n) is 5.51. The number of hydrogen-bond acceptors (Lipinski definition) is 2. The van der Waals surface area contributed by atoms with E-state index in [1.807, 2.05) is 31.2 Å². The van der Waals surface area contributed by atoms with Crippen molar-refractivity contribution in [3.8, 4) is 5.75 Å². The highest BCUT2D eigenvalue weighted by molar-refractivity contribution is 5.72. The van der Waals surface area contributed by atoms with Gasteiger partial charge in [0.1, 0.15) is 5.75 Å². The Labute approximate surface area is 123 Å². The van der Waals surface area contributed by atoms with Gasteiger partial charge in [0.05, 0.1) is 0 Å². The van der Waals surface area contributed by atoms with Gasteiger partial charge in [0.2, 0.25) is 0 Å². The largest absolute Gasteiger partial charge is 0.427 e. The third kappa shape index (κ3) is 7.98. The Morgan fingerprint density at radius 2 is 1.45 bits per heavy atom. The van der Waals surface area contributed by atoms with Crippen molar-refractivity contribution >= 4 is 5.97 Å². The van der Waals surface area contributed by atoms with Crippen molar-refractivity contribution in [1.82, 2.24) is 0 Å². The molecule has 0 atom stereocenters. The number of carbonyl (C=O) groups is 1. The first kappa shape index (κ1) is 16.7. The summed E-state index contributed by atoms with van der Waals surface area (Å²) in [5.41, 5.74) is 1.17. The van der Waals surface area contributed by atoms with Crippen LogP contribution in [0.25, 0.3) is 0 Å². The van der Waals surface area contributed by atoms with E-state index in [0.717, 1.165) is 12.8 Å². The molecule has 0 spiro atoms. The average molecular weight is 276 g/mol. The van der Waals surface area contributed by atoms with Crippen molar-refractivity contribution in [2.75, 3.05) is 0 Å². The molecule has 0 bridgehead atoms. The third-order valence-electron chi connectivity index (χ3n) is 3.49. The van der Waals surface area contributed by atoms with Crippen LogP contribution in [-0.2, 0) is 4.79 Å². The van der Waals surface area contributed by atoms with Crippen molar-refractivity contribution in [2.24, 2.45) is 0 Å². The molecule has 2 nitrogen and oxygen atoms in total. The van der Waals surface area contributed by atoms with Crippen molar-refractivity contribution in [1.29, 1.82) is 0 Å². The summed E-state index contributed by atoms with van der Waals surface area (Å²) >= 11 is 0. The van der Waals surface area contributed by atoms with E-state index in [1.54, 1.807) is 0 Å². The summed E-state index contributed by atoms with van der Waals surface area (Å²) in [7, 11) is 0. The van der Waals surface area contributed by atoms with Crippen LogP contribution in [0.3, 0.4) is 0 Å². The summed E-state index contributed by atoms with van der Waals surface area (Å²) in [4.78, 5) is 11.6. The fourth-order valence-electron chi connectivity index (χ4n) is 2.19. The van der Waals surface area contributed by atoms with Gasteiger partial charge in [-0.25, -0.2) is 0 Å². The summed E-state index contributed by atoms with van der Waals surface area (Å²) in [5, 5.41) is 0. The maximum Gasteiger partial charge on any atom is 0.311 e.